The van der Waals surface area contributed by atoms with Gasteiger partial charge in [0, 0.05) is 0 Å². The Balaban J connectivity index is 3.18. The molecule has 0 spiro atoms. The van der Waals surface area contributed by atoms with Gasteiger partial charge in [-0.2, -0.15) is 0 Å². The summed E-state index contributed by atoms with van der Waals surface area (Å²) in [6.07, 6.45) is 3.66. The lowest BCUT2D eigenvalue weighted by molar-refractivity contribution is 0.950. The highest BCUT2D eigenvalue weighted by Crippen LogP contribution is 1.90. The largest absolute Gasteiger partial charge is 0.219 e. The van der Waals surface area contributed by atoms with E-state index in [9.17, 15) is 0 Å². The first-order chi connectivity index (χ1) is 4.72. The lowest BCUT2D eigenvalue weighted by Crippen LogP contribution is -2.10. The molecule has 4 heteroatoms. The molecular weight excluding hydrogens is 145 g/mol. The number of nitrogens with zero attached hydrogens (tertiary/aromatic N) is 3. The maximum Gasteiger partial charge on any atom is 0.182 e. The Bertz CT molecular complexity index is 239. The summed E-state index contributed by atoms with van der Waals surface area (Å²) < 4.78 is 0. The molecule has 0 atom stereocenters. The van der Waals surface area contributed by atoms with Crippen molar-refractivity contribution in [3.63, 3.8) is 0 Å². The van der Waals surface area contributed by atoms with E-state index in [0.29, 0.717) is 0 Å². The first kappa shape index (κ1) is 7.29. The fraction of sp³-hybridized carbons (Fsp3) is 0.333. The second-order valence-corrected chi connectivity index (χ2v) is 2.60. The summed E-state index contributed by atoms with van der Waals surface area (Å²) in [4.78, 5) is 12.1. The summed E-state index contributed by atoms with van der Waals surface area (Å²) in [5.41, 5.74) is 0.741. The van der Waals surface area contributed by atoms with Gasteiger partial charge in [0.15, 0.2) is 5.57 Å². The van der Waals surface area contributed by atoms with Crippen LogP contribution in [0.15, 0.2) is 0 Å². The monoisotopic (exact) mass is 153 g/mol. The van der Waals surface area contributed by atoms with Crippen LogP contribution < -0.4 is 5.57 Å². The van der Waals surface area contributed by atoms with Crippen molar-refractivity contribution in [1.29, 1.82) is 0 Å². The number of hydrogen-bond acceptors (Lipinski definition) is 3. The third-order valence-corrected chi connectivity index (χ3v) is 1.47. The van der Waals surface area contributed by atoms with Crippen molar-refractivity contribution in [1.82, 2.24) is 15.0 Å². The number of aryl methyl sites for hydroxylation is 2. The lowest BCUT2D eigenvalue weighted by atomic mass is 10.6. The van der Waals surface area contributed by atoms with Crippen molar-refractivity contribution < 1.29 is 0 Å². The molecule has 0 aromatic carbocycles. The van der Waals surface area contributed by atoms with E-state index >= 15 is 0 Å². The lowest BCUT2D eigenvalue weighted by Gasteiger charge is -1.94. The van der Waals surface area contributed by atoms with Crippen molar-refractivity contribution in [3.8, 4) is 0 Å². The van der Waals surface area contributed by atoms with Crippen LogP contribution in [0.4, 0.5) is 0 Å². The Morgan fingerprint density at radius 3 is 2.00 bits per heavy atom. The van der Waals surface area contributed by atoms with Gasteiger partial charge in [-0.15, -0.1) is 0 Å². The van der Waals surface area contributed by atoms with Crippen LogP contribution in [-0.2, 0) is 0 Å². The van der Waals surface area contributed by atoms with Crippen LogP contribution in [0, 0.1) is 13.8 Å². The van der Waals surface area contributed by atoms with Crippen molar-refractivity contribution in [3.05, 3.63) is 11.6 Å². The van der Waals surface area contributed by atoms with E-state index in [2.05, 4.69) is 21.3 Å². The average Bonchev–Trinajstić information content (AvgIpc) is 1.85. The first-order valence-electron chi connectivity index (χ1n) is 2.88. The molecule has 0 unspecified atom stereocenters. The van der Waals surface area contributed by atoms with Crippen LogP contribution >= 0.6 is 8.20 Å². The van der Waals surface area contributed by atoms with E-state index < -0.39 is 0 Å². The molecule has 0 aliphatic carbocycles. The maximum absolute atomic E-state index is 4.06. The van der Waals surface area contributed by atoms with Crippen molar-refractivity contribution >= 4 is 20.1 Å². The predicted octanol–water partition coefficient (Wildman–Crippen LogP) is 0.492. The molecule has 0 bridgehead atoms. The third kappa shape index (κ3) is 1.58. The summed E-state index contributed by atoms with van der Waals surface area (Å²) in [7, 11) is 0.848. The Morgan fingerprint density at radius 1 is 1.10 bits per heavy atom. The van der Waals surface area contributed by atoms with E-state index in [-0.39, 0.29) is 0 Å². The zero-order valence-electron chi connectivity index (χ0n) is 6.00. The number of hydrogen-bond donors (Lipinski definition) is 0. The highest BCUT2D eigenvalue weighted by Gasteiger charge is 1.94. The van der Waals surface area contributed by atoms with Crippen LogP contribution in [0.2, 0.25) is 0 Å². The SMILES string of the molecule is C=Pc1nc(C)nc(C)n1. The van der Waals surface area contributed by atoms with E-state index in [1.54, 1.807) is 0 Å². The van der Waals surface area contributed by atoms with Gasteiger partial charge in [-0.1, -0.05) is 6.30 Å². The Labute approximate surface area is 61.4 Å². The molecule has 1 aromatic heterocycles. The zero-order valence-corrected chi connectivity index (χ0v) is 6.89. The number of aromatic nitrogens is 3. The summed E-state index contributed by atoms with van der Waals surface area (Å²) in [6, 6.07) is 0. The summed E-state index contributed by atoms with van der Waals surface area (Å²) >= 11 is 0. The highest BCUT2D eigenvalue weighted by atomic mass is 31.1. The molecule has 0 saturated carbocycles. The van der Waals surface area contributed by atoms with Crippen LogP contribution in [-0.4, -0.2) is 21.3 Å². The van der Waals surface area contributed by atoms with E-state index in [0.717, 1.165) is 25.4 Å². The second-order valence-electron chi connectivity index (χ2n) is 1.89. The molecule has 52 valence electrons. The Morgan fingerprint density at radius 2 is 1.60 bits per heavy atom. The van der Waals surface area contributed by atoms with Gasteiger partial charge in [0.25, 0.3) is 0 Å². The molecule has 10 heavy (non-hydrogen) atoms. The fourth-order valence-electron chi connectivity index (χ4n) is 0.669. The van der Waals surface area contributed by atoms with Crippen molar-refractivity contribution in [2.24, 2.45) is 0 Å². The highest BCUT2D eigenvalue weighted by molar-refractivity contribution is 7.44. The first-order valence-corrected chi connectivity index (χ1v) is 3.96. The van der Waals surface area contributed by atoms with Gasteiger partial charge in [0.1, 0.15) is 11.6 Å². The molecule has 0 fully saturated rings. The molecule has 0 radical (unpaired) electrons. The normalized spacial score (nSPS) is 10.2. The molecule has 0 aliphatic heterocycles. The minimum Gasteiger partial charge on any atom is -0.219 e. The van der Waals surface area contributed by atoms with Gasteiger partial charge in [0.2, 0.25) is 0 Å². The molecule has 0 aliphatic rings. The van der Waals surface area contributed by atoms with E-state index in [1.165, 1.54) is 0 Å². The minimum atomic E-state index is 0.741. The molecule has 0 N–H and O–H groups in total. The van der Waals surface area contributed by atoms with Gasteiger partial charge >= 0.3 is 0 Å². The van der Waals surface area contributed by atoms with Crippen LogP contribution in [0.3, 0.4) is 0 Å². The van der Waals surface area contributed by atoms with Crippen LogP contribution in [0.25, 0.3) is 0 Å². The molecule has 1 aromatic rings. The summed E-state index contributed by atoms with van der Waals surface area (Å²) in [5.74, 6) is 1.53. The number of rotatable bonds is 1. The second kappa shape index (κ2) is 2.84. The van der Waals surface area contributed by atoms with Gasteiger partial charge in [-0.05, 0) is 22.1 Å². The fourth-order valence-corrected chi connectivity index (χ4v) is 1.10. The van der Waals surface area contributed by atoms with Crippen LogP contribution in [0.5, 0.6) is 0 Å². The van der Waals surface area contributed by atoms with Crippen molar-refractivity contribution in [2.75, 3.05) is 0 Å². The molecule has 3 nitrogen and oxygen atoms in total. The van der Waals surface area contributed by atoms with Gasteiger partial charge < -0.3 is 0 Å². The summed E-state index contributed by atoms with van der Waals surface area (Å²) in [6.45, 7) is 3.70. The van der Waals surface area contributed by atoms with Gasteiger partial charge in [0.05, 0.1) is 0 Å². The molecular formula is C6H8N3P. The molecule has 0 amide bonds. The van der Waals surface area contributed by atoms with E-state index in [4.69, 9.17) is 0 Å². The third-order valence-electron chi connectivity index (χ3n) is 0.989. The molecule has 1 heterocycles. The topological polar surface area (TPSA) is 38.7 Å². The smallest absolute Gasteiger partial charge is 0.182 e. The van der Waals surface area contributed by atoms with Crippen molar-refractivity contribution in [2.45, 2.75) is 13.8 Å². The quantitative estimate of drug-likeness (QED) is 0.551. The Hall–Kier alpha value is -0.820. The standard InChI is InChI=1S/C6H8N3P/c1-4-7-5(2)9-6(8-4)10-3/h3H2,1-2H3. The predicted molar refractivity (Wildman–Crippen MR) is 43.0 cm³/mol. The molecule has 1 rings (SSSR count). The average molecular weight is 153 g/mol. The molecule has 0 saturated heterocycles. The maximum atomic E-state index is 4.06. The van der Waals surface area contributed by atoms with Crippen LogP contribution in [0.1, 0.15) is 11.6 Å². The zero-order chi connectivity index (χ0) is 7.56. The van der Waals surface area contributed by atoms with Gasteiger partial charge in [-0.25, -0.2) is 15.0 Å². The van der Waals surface area contributed by atoms with Gasteiger partial charge in [-0.3, -0.25) is 0 Å². The van der Waals surface area contributed by atoms with E-state index in [1.807, 2.05) is 13.8 Å². The summed E-state index contributed by atoms with van der Waals surface area (Å²) in [5, 5.41) is 0. The Kier molecular flexibility index (Phi) is 2.07. The minimum absolute atomic E-state index is 0.741.